The van der Waals surface area contributed by atoms with Crippen molar-refractivity contribution in [1.29, 1.82) is 0 Å². The second-order valence-electron chi connectivity index (χ2n) is 5.64. The molecule has 4 nitrogen and oxygen atoms in total. The highest BCUT2D eigenvalue weighted by atomic mass is 19.1. The van der Waals surface area contributed by atoms with Crippen LogP contribution < -0.4 is 5.32 Å². The highest BCUT2D eigenvalue weighted by Gasteiger charge is 2.17. The van der Waals surface area contributed by atoms with E-state index in [4.69, 9.17) is 4.74 Å². The first kappa shape index (κ1) is 19.1. The molecule has 5 heteroatoms. The molecule has 0 bridgehead atoms. The molecule has 0 aromatic heterocycles. The third kappa shape index (κ3) is 7.77. The van der Waals surface area contributed by atoms with Gasteiger partial charge in [-0.25, -0.2) is 9.18 Å². The number of hydrogen-bond donors (Lipinski definition) is 1. The fourth-order valence-electron chi connectivity index (χ4n) is 2.12. The minimum absolute atomic E-state index is 0.307. The molecule has 0 aliphatic carbocycles. The van der Waals surface area contributed by atoms with Crippen molar-refractivity contribution < 1.29 is 18.7 Å². The Balaban J connectivity index is 2.23. The van der Waals surface area contributed by atoms with Crippen LogP contribution in [0.2, 0.25) is 0 Å². The number of rotatable bonds is 10. The first-order valence-electron chi connectivity index (χ1n) is 8.27. The van der Waals surface area contributed by atoms with Gasteiger partial charge >= 0.3 is 5.97 Å². The van der Waals surface area contributed by atoms with Gasteiger partial charge in [0.15, 0.2) is 0 Å². The first-order valence-corrected chi connectivity index (χ1v) is 8.27. The summed E-state index contributed by atoms with van der Waals surface area (Å²) in [5.41, 5.74) is 0.307. The zero-order chi connectivity index (χ0) is 17.1. The van der Waals surface area contributed by atoms with Crippen molar-refractivity contribution in [2.75, 3.05) is 6.61 Å². The highest BCUT2D eigenvalue weighted by Crippen LogP contribution is 2.06. The fraction of sp³-hybridized carbons (Fsp3) is 0.556. The normalized spacial score (nSPS) is 11.8. The average Bonchev–Trinajstić information content (AvgIpc) is 2.54. The lowest BCUT2D eigenvalue weighted by Crippen LogP contribution is -2.39. The van der Waals surface area contributed by atoms with Crippen LogP contribution in [-0.4, -0.2) is 24.5 Å². The van der Waals surface area contributed by atoms with Crippen molar-refractivity contribution in [3.05, 3.63) is 35.6 Å². The van der Waals surface area contributed by atoms with Crippen molar-refractivity contribution in [3.63, 3.8) is 0 Å². The molecule has 1 atom stereocenters. The van der Waals surface area contributed by atoms with Crippen LogP contribution in [0.4, 0.5) is 4.39 Å². The van der Waals surface area contributed by atoms with E-state index >= 15 is 0 Å². The monoisotopic (exact) mass is 323 g/mol. The summed E-state index contributed by atoms with van der Waals surface area (Å²) in [6, 6.07) is 4.43. The van der Waals surface area contributed by atoms with Gasteiger partial charge in [-0.05, 0) is 37.6 Å². The Morgan fingerprint density at radius 3 is 2.35 bits per heavy atom. The summed E-state index contributed by atoms with van der Waals surface area (Å²) in [6.07, 6.45) is 6.71. The van der Waals surface area contributed by atoms with E-state index in [1.807, 2.05) is 0 Å². The number of hydrogen-bond acceptors (Lipinski definition) is 3. The summed E-state index contributed by atoms with van der Waals surface area (Å²) >= 11 is 0. The maximum atomic E-state index is 12.8. The Morgan fingerprint density at radius 1 is 1.09 bits per heavy atom. The average molecular weight is 323 g/mol. The van der Waals surface area contributed by atoms with Gasteiger partial charge in [-0.3, -0.25) is 4.79 Å². The smallest absolute Gasteiger partial charge is 0.328 e. The van der Waals surface area contributed by atoms with Crippen LogP contribution in [0.3, 0.4) is 0 Å². The number of halogens is 1. The summed E-state index contributed by atoms with van der Waals surface area (Å²) in [5, 5.41) is 2.55. The predicted octanol–water partition coefficient (Wildman–Crippen LogP) is 3.85. The Hall–Kier alpha value is -1.91. The molecule has 23 heavy (non-hydrogen) atoms. The van der Waals surface area contributed by atoms with Gasteiger partial charge in [-0.1, -0.05) is 39.0 Å². The third-order valence-electron chi connectivity index (χ3n) is 3.55. The Bertz CT molecular complexity index is 488. The standard InChI is InChI=1S/C18H26FNO3/c1-3-4-5-6-7-8-13-23-18(22)14(2)20-17(21)15-9-11-16(19)12-10-15/h9-12,14H,3-8,13H2,1-2H3,(H,20,21)/t14-/m0/s1. The number of carbonyl (C=O) groups is 2. The number of nitrogens with one attached hydrogen (secondary N) is 1. The summed E-state index contributed by atoms with van der Waals surface area (Å²) < 4.78 is 18.0. The number of amides is 1. The van der Waals surface area contributed by atoms with Crippen LogP contribution in [0.1, 0.15) is 62.7 Å². The molecule has 0 unspecified atom stereocenters. The van der Waals surface area contributed by atoms with Gasteiger partial charge in [0, 0.05) is 5.56 Å². The Kier molecular flexibility index (Phi) is 8.95. The first-order chi connectivity index (χ1) is 11.0. The Labute approximate surface area is 137 Å². The molecule has 0 radical (unpaired) electrons. The maximum absolute atomic E-state index is 12.8. The minimum Gasteiger partial charge on any atom is -0.464 e. The predicted molar refractivity (Wildman–Crippen MR) is 87.7 cm³/mol. The van der Waals surface area contributed by atoms with Crippen molar-refractivity contribution in [3.8, 4) is 0 Å². The van der Waals surface area contributed by atoms with Crippen LogP contribution in [0.15, 0.2) is 24.3 Å². The van der Waals surface area contributed by atoms with Crippen molar-refractivity contribution in [2.45, 2.75) is 58.4 Å². The second kappa shape index (κ2) is 10.8. The number of esters is 1. The molecule has 1 rings (SSSR count). The third-order valence-corrected chi connectivity index (χ3v) is 3.55. The van der Waals surface area contributed by atoms with Crippen molar-refractivity contribution in [1.82, 2.24) is 5.32 Å². The molecule has 0 spiro atoms. The van der Waals surface area contributed by atoms with E-state index in [1.165, 1.54) is 43.5 Å². The quantitative estimate of drug-likeness (QED) is 0.525. The zero-order valence-electron chi connectivity index (χ0n) is 13.9. The molecule has 0 fully saturated rings. The van der Waals surface area contributed by atoms with E-state index < -0.39 is 23.7 Å². The van der Waals surface area contributed by atoms with E-state index in [9.17, 15) is 14.0 Å². The van der Waals surface area contributed by atoms with Gasteiger partial charge in [0.1, 0.15) is 11.9 Å². The van der Waals surface area contributed by atoms with Gasteiger partial charge in [-0.2, -0.15) is 0 Å². The van der Waals surface area contributed by atoms with Crippen LogP contribution in [0.25, 0.3) is 0 Å². The van der Waals surface area contributed by atoms with E-state index in [2.05, 4.69) is 12.2 Å². The van der Waals surface area contributed by atoms with E-state index in [0.29, 0.717) is 12.2 Å². The van der Waals surface area contributed by atoms with Crippen LogP contribution in [0, 0.1) is 5.82 Å². The molecule has 1 aromatic carbocycles. The lowest BCUT2D eigenvalue weighted by atomic mass is 10.1. The molecule has 0 aliphatic heterocycles. The van der Waals surface area contributed by atoms with E-state index in [-0.39, 0.29) is 0 Å². The second-order valence-corrected chi connectivity index (χ2v) is 5.64. The summed E-state index contributed by atoms with van der Waals surface area (Å²) in [7, 11) is 0. The lowest BCUT2D eigenvalue weighted by molar-refractivity contribution is -0.145. The topological polar surface area (TPSA) is 55.4 Å². The van der Waals surface area contributed by atoms with Crippen LogP contribution in [0.5, 0.6) is 0 Å². The molecule has 0 saturated carbocycles. The van der Waals surface area contributed by atoms with Crippen LogP contribution in [-0.2, 0) is 9.53 Å². The zero-order valence-corrected chi connectivity index (χ0v) is 13.9. The molecule has 1 amide bonds. The largest absolute Gasteiger partial charge is 0.464 e. The number of carbonyl (C=O) groups excluding carboxylic acids is 2. The SMILES string of the molecule is CCCCCCCCOC(=O)[C@H](C)NC(=O)c1ccc(F)cc1. The van der Waals surface area contributed by atoms with Crippen molar-refractivity contribution in [2.24, 2.45) is 0 Å². The fourth-order valence-corrected chi connectivity index (χ4v) is 2.12. The van der Waals surface area contributed by atoms with E-state index in [0.717, 1.165) is 19.3 Å². The Morgan fingerprint density at radius 2 is 1.70 bits per heavy atom. The van der Waals surface area contributed by atoms with Gasteiger partial charge in [0.2, 0.25) is 0 Å². The molecule has 0 saturated heterocycles. The minimum atomic E-state index is -0.729. The highest BCUT2D eigenvalue weighted by molar-refractivity contribution is 5.96. The number of benzene rings is 1. The molecule has 0 aliphatic rings. The number of ether oxygens (including phenoxy) is 1. The van der Waals surface area contributed by atoms with Crippen molar-refractivity contribution >= 4 is 11.9 Å². The molecule has 1 N–H and O–H groups in total. The van der Waals surface area contributed by atoms with Crippen LogP contribution >= 0.6 is 0 Å². The van der Waals surface area contributed by atoms with Gasteiger partial charge < -0.3 is 10.1 Å². The van der Waals surface area contributed by atoms with Gasteiger partial charge in [0.25, 0.3) is 5.91 Å². The molecule has 128 valence electrons. The number of unbranched alkanes of at least 4 members (excludes halogenated alkanes) is 5. The summed E-state index contributed by atoms with van der Waals surface area (Å²) in [4.78, 5) is 23.7. The van der Waals surface area contributed by atoms with Gasteiger partial charge in [0.05, 0.1) is 6.61 Å². The maximum Gasteiger partial charge on any atom is 0.328 e. The summed E-state index contributed by atoms with van der Waals surface area (Å²) in [6.45, 7) is 4.12. The molecule has 0 heterocycles. The lowest BCUT2D eigenvalue weighted by Gasteiger charge is -2.13. The van der Waals surface area contributed by atoms with E-state index in [1.54, 1.807) is 6.92 Å². The molecule has 1 aromatic rings. The molecular formula is C18H26FNO3. The van der Waals surface area contributed by atoms with Gasteiger partial charge in [-0.15, -0.1) is 0 Å². The molecular weight excluding hydrogens is 297 g/mol. The summed E-state index contributed by atoms with van der Waals surface area (Å²) in [5.74, 6) is -1.28.